The summed E-state index contributed by atoms with van der Waals surface area (Å²) in [4.78, 5) is 5.58. The van der Waals surface area contributed by atoms with Gasteiger partial charge in [-0.1, -0.05) is 19.9 Å². The summed E-state index contributed by atoms with van der Waals surface area (Å²) in [6, 6.07) is 1.47. The molecule has 1 unspecified atom stereocenters. The normalized spacial score (nSPS) is 34.2. The van der Waals surface area contributed by atoms with Crippen LogP contribution in [0.15, 0.2) is 0 Å². The zero-order valence-electron chi connectivity index (χ0n) is 6.94. The van der Waals surface area contributed by atoms with E-state index >= 15 is 0 Å². The number of hydrogen-bond donors (Lipinski definition) is 1. The fourth-order valence-corrected chi connectivity index (χ4v) is 3.02. The van der Waals surface area contributed by atoms with Gasteiger partial charge in [0.25, 0.3) is 0 Å². The highest BCUT2D eigenvalue weighted by Crippen LogP contribution is 2.30. The number of hydroxylamine groups is 1. The molecule has 60 valence electrons. The SMILES string of the molecule is CCNOC1(CC)CC[SiH2]1. The molecule has 0 spiro atoms. The molecule has 1 fully saturated rings. The standard InChI is InChI=1S/C7H17NOSi/c1-3-7(5-6-10-7)9-8-4-2/h8H,3-6,10H2,1-2H3. The summed E-state index contributed by atoms with van der Waals surface area (Å²) in [6.07, 6.45) is 2.49. The number of hydrogen-bond acceptors (Lipinski definition) is 2. The maximum Gasteiger partial charge on any atom is 0.0724 e. The van der Waals surface area contributed by atoms with Gasteiger partial charge in [-0.2, -0.15) is 0 Å². The number of nitrogens with one attached hydrogen (secondary N) is 1. The van der Waals surface area contributed by atoms with Crippen LogP contribution in [0.25, 0.3) is 0 Å². The Morgan fingerprint density at radius 3 is 2.60 bits per heavy atom. The van der Waals surface area contributed by atoms with E-state index in [1.807, 2.05) is 0 Å². The molecule has 0 saturated carbocycles. The zero-order valence-corrected chi connectivity index (χ0v) is 8.36. The molecule has 0 aliphatic carbocycles. The van der Waals surface area contributed by atoms with E-state index in [1.165, 1.54) is 18.9 Å². The van der Waals surface area contributed by atoms with E-state index in [-0.39, 0.29) is 9.52 Å². The minimum atomic E-state index is 0.107. The Bertz CT molecular complexity index is 98.3. The third kappa shape index (κ3) is 1.59. The molecule has 1 saturated heterocycles. The van der Waals surface area contributed by atoms with Gasteiger partial charge in [-0.15, -0.1) is 0 Å². The second kappa shape index (κ2) is 3.51. The second-order valence-electron chi connectivity index (χ2n) is 2.99. The lowest BCUT2D eigenvalue weighted by atomic mass is 10.2. The minimum absolute atomic E-state index is 0.107. The highest BCUT2D eigenvalue weighted by atomic mass is 28.2. The number of rotatable bonds is 4. The van der Waals surface area contributed by atoms with Gasteiger partial charge in [0.05, 0.1) is 14.7 Å². The van der Waals surface area contributed by atoms with Crippen LogP contribution in [0.2, 0.25) is 6.04 Å². The van der Waals surface area contributed by atoms with Gasteiger partial charge in [0, 0.05) is 6.54 Å². The Morgan fingerprint density at radius 2 is 2.30 bits per heavy atom. The van der Waals surface area contributed by atoms with Gasteiger partial charge in [-0.3, -0.25) is 4.84 Å². The van der Waals surface area contributed by atoms with Crippen LogP contribution in [-0.2, 0) is 4.84 Å². The summed E-state index contributed by atoms with van der Waals surface area (Å²) >= 11 is 0. The molecule has 1 rings (SSSR count). The van der Waals surface area contributed by atoms with E-state index in [2.05, 4.69) is 19.3 Å². The smallest absolute Gasteiger partial charge is 0.0724 e. The van der Waals surface area contributed by atoms with Crippen molar-refractivity contribution in [3.8, 4) is 0 Å². The van der Waals surface area contributed by atoms with Crippen LogP contribution in [0.1, 0.15) is 26.7 Å². The van der Waals surface area contributed by atoms with Gasteiger partial charge < -0.3 is 0 Å². The van der Waals surface area contributed by atoms with Crippen LogP contribution in [0.3, 0.4) is 0 Å². The molecule has 10 heavy (non-hydrogen) atoms. The van der Waals surface area contributed by atoms with Crippen LogP contribution in [-0.4, -0.2) is 21.3 Å². The summed E-state index contributed by atoms with van der Waals surface area (Å²) in [7, 11) is 0.107. The quantitative estimate of drug-likeness (QED) is 0.480. The van der Waals surface area contributed by atoms with Crippen LogP contribution in [0.4, 0.5) is 0 Å². The minimum Gasteiger partial charge on any atom is -0.300 e. The Hall–Kier alpha value is 0.137. The molecular formula is C7H17NOSi. The molecule has 0 bridgehead atoms. The summed E-state index contributed by atoms with van der Waals surface area (Å²) < 4.78 is 0. The average molecular weight is 159 g/mol. The van der Waals surface area contributed by atoms with Crippen LogP contribution in [0.5, 0.6) is 0 Å². The van der Waals surface area contributed by atoms with E-state index in [4.69, 9.17) is 4.84 Å². The lowest BCUT2D eigenvalue weighted by Crippen LogP contribution is -2.50. The van der Waals surface area contributed by atoms with Crippen molar-refractivity contribution in [2.24, 2.45) is 0 Å². The summed E-state index contributed by atoms with van der Waals surface area (Å²) in [5, 5.41) is 0.343. The van der Waals surface area contributed by atoms with E-state index in [0.717, 1.165) is 6.54 Å². The third-order valence-corrected chi connectivity index (χ3v) is 4.96. The Kier molecular flexibility index (Phi) is 2.89. The predicted octanol–water partition coefficient (Wildman–Crippen LogP) is 0.625. The fraction of sp³-hybridized carbons (Fsp3) is 1.00. The van der Waals surface area contributed by atoms with Crippen LogP contribution in [0, 0.1) is 0 Å². The summed E-state index contributed by atoms with van der Waals surface area (Å²) in [5.41, 5.74) is 2.98. The molecule has 1 aliphatic heterocycles. The molecule has 1 atom stereocenters. The van der Waals surface area contributed by atoms with E-state index in [0.29, 0.717) is 5.22 Å². The molecular weight excluding hydrogens is 142 g/mol. The second-order valence-corrected chi connectivity index (χ2v) is 5.49. The largest absolute Gasteiger partial charge is 0.300 e. The maximum absolute atomic E-state index is 5.58. The first-order chi connectivity index (χ1) is 4.83. The zero-order chi connectivity index (χ0) is 7.45. The van der Waals surface area contributed by atoms with Gasteiger partial charge in [0.2, 0.25) is 0 Å². The molecule has 2 nitrogen and oxygen atoms in total. The topological polar surface area (TPSA) is 21.3 Å². The molecule has 0 aromatic carbocycles. The molecule has 3 heteroatoms. The maximum atomic E-state index is 5.58. The van der Waals surface area contributed by atoms with E-state index < -0.39 is 0 Å². The average Bonchev–Trinajstić information content (AvgIpc) is 1.87. The molecule has 0 aromatic heterocycles. The Balaban J connectivity index is 2.20. The highest BCUT2D eigenvalue weighted by molar-refractivity contribution is 6.43. The van der Waals surface area contributed by atoms with Crippen molar-refractivity contribution in [3.63, 3.8) is 0 Å². The highest BCUT2D eigenvalue weighted by Gasteiger charge is 2.36. The first-order valence-electron chi connectivity index (χ1n) is 4.24. The van der Waals surface area contributed by atoms with Gasteiger partial charge >= 0.3 is 0 Å². The molecule has 0 radical (unpaired) electrons. The van der Waals surface area contributed by atoms with Gasteiger partial charge in [-0.05, 0) is 12.8 Å². The molecule has 1 aliphatic rings. The van der Waals surface area contributed by atoms with Crippen LogP contribution >= 0.6 is 0 Å². The predicted molar refractivity (Wildman–Crippen MR) is 45.8 cm³/mol. The van der Waals surface area contributed by atoms with Gasteiger partial charge in [0.15, 0.2) is 0 Å². The molecule has 1 N–H and O–H groups in total. The van der Waals surface area contributed by atoms with E-state index in [9.17, 15) is 0 Å². The van der Waals surface area contributed by atoms with Crippen molar-refractivity contribution in [3.05, 3.63) is 0 Å². The summed E-state index contributed by atoms with van der Waals surface area (Å²) in [5.74, 6) is 0. The van der Waals surface area contributed by atoms with E-state index in [1.54, 1.807) is 0 Å². The fourth-order valence-electron chi connectivity index (χ4n) is 1.32. The first-order valence-corrected chi connectivity index (χ1v) is 5.94. The Morgan fingerprint density at radius 1 is 1.60 bits per heavy atom. The van der Waals surface area contributed by atoms with Crippen molar-refractivity contribution < 1.29 is 4.84 Å². The monoisotopic (exact) mass is 159 g/mol. The van der Waals surface area contributed by atoms with Gasteiger partial charge in [0.1, 0.15) is 0 Å². The Labute approximate surface area is 65.1 Å². The lowest BCUT2D eigenvalue weighted by Gasteiger charge is -2.39. The molecule has 0 amide bonds. The van der Waals surface area contributed by atoms with Crippen molar-refractivity contribution in [1.29, 1.82) is 0 Å². The van der Waals surface area contributed by atoms with Crippen molar-refractivity contribution in [2.75, 3.05) is 6.54 Å². The molecule has 1 heterocycles. The first kappa shape index (κ1) is 8.24. The van der Waals surface area contributed by atoms with Crippen molar-refractivity contribution in [2.45, 2.75) is 38.0 Å². The van der Waals surface area contributed by atoms with Gasteiger partial charge in [-0.25, -0.2) is 5.48 Å². The van der Waals surface area contributed by atoms with Crippen molar-refractivity contribution >= 4 is 9.52 Å². The molecule has 0 aromatic rings. The van der Waals surface area contributed by atoms with Crippen LogP contribution < -0.4 is 5.48 Å². The van der Waals surface area contributed by atoms with Crippen molar-refractivity contribution in [1.82, 2.24) is 5.48 Å². The summed E-state index contributed by atoms with van der Waals surface area (Å²) in [6.45, 7) is 5.23. The third-order valence-electron chi connectivity index (χ3n) is 2.34. The lowest BCUT2D eigenvalue weighted by molar-refractivity contribution is -0.0693.